The lowest BCUT2D eigenvalue weighted by Crippen LogP contribution is -2.49. The molecule has 0 saturated heterocycles. The molecule has 1 saturated carbocycles. The number of carbonyl (C=O) groups excluding carboxylic acids is 1. The minimum absolute atomic E-state index is 0.275. The molecule has 1 heterocycles. The molecule has 2 N–H and O–H groups in total. The fraction of sp³-hybridized carbons (Fsp3) is 0.389. The molecule has 1 amide bonds. The van der Waals surface area contributed by atoms with Gasteiger partial charge in [-0.15, -0.1) is 0 Å². The predicted octanol–water partition coefficient (Wildman–Crippen LogP) is 4.46. The van der Waals surface area contributed by atoms with Crippen LogP contribution in [0.3, 0.4) is 0 Å². The van der Waals surface area contributed by atoms with E-state index in [4.69, 9.17) is 28.1 Å². The zero-order chi connectivity index (χ0) is 19.6. The summed E-state index contributed by atoms with van der Waals surface area (Å²) < 4.78 is 6.70. The third-order valence-electron chi connectivity index (χ3n) is 4.75. The van der Waals surface area contributed by atoms with Crippen molar-refractivity contribution in [1.82, 2.24) is 14.4 Å². The second kappa shape index (κ2) is 7.78. The molecule has 1 aliphatic rings. The molecule has 0 radical (unpaired) electrons. The van der Waals surface area contributed by atoms with Crippen LogP contribution >= 0.6 is 23.4 Å². The number of benzene rings is 1. The van der Waals surface area contributed by atoms with E-state index < -0.39 is 0 Å². The second-order valence-electron chi connectivity index (χ2n) is 6.62. The van der Waals surface area contributed by atoms with Gasteiger partial charge in [-0.25, -0.2) is 9.40 Å². The van der Waals surface area contributed by atoms with Crippen LogP contribution in [0.5, 0.6) is 5.75 Å². The number of halogens is 2. The van der Waals surface area contributed by atoms with Gasteiger partial charge in [-0.2, -0.15) is 4.98 Å². The van der Waals surface area contributed by atoms with Gasteiger partial charge in [0.15, 0.2) is 0 Å². The van der Waals surface area contributed by atoms with Crippen molar-refractivity contribution in [2.24, 2.45) is 0 Å². The van der Waals surface area contributed by atoms with E-state index in [1.807, 2.05) is 6.92 Å². The number of hydrogen-bond donors (Lipinski definition) is 2. The van der Waals surface area contributed by atoms with Crippen molar-refractivity contribution in [3.63, 3.8) is 0 Å². The van der Waals surface area contributed by atoms with Gasteiger partial charge < -0.3 is 15.4 Å². The molecule has 0 unspecified atom stereocenters. The summed E-state index contributed by atoms with van der Waals surface area (Å²) in [6, 6.07) is 5.13. The number of carbonyl (C=O) groups is 1. The third-order valence-corrected chi connectivity index (χ3v) is 5.59. The van der Waals surface area contributed by atoms with Gasteiger partial charge in [0.1, 0.15) is 16.6 Å². The smallest absolute Gasteiger partial charge is 0.272 e. The molecule has 0 atom stereocenters. The highest BCUT2D eigenvalue weighted by Crippen LogP contribution is 2.40. The summed E-state index contributed by atoms with van der Waals surface area (Å²) in [7, 11) is 3.24. The molecular weight excluding hydrogens is 389 g/mol. The lowest BCUT2D eigenvalue weighted by molar-refractivity contribution is 0.0587. The summed E-state index contributed by atoms with van der Waals surface area (Å²) in [5, 5.41) is 6.39. The summed E-state index contributed by atoms with van der Waals surface area (Å²) in [4.78, 5) is 21.2. The Kier molecular flexibility index (Phi) is 5.62. The highest BCUT2D eigenvalue weighted by molar-refractivity contribution is 6.32. The van der Waals surface area contributed by atoms with E-state index in [9.17, 15) is 4.79 Å². The normalized spacial score (nSPS) is 14.9. The first-order valence-corrected chi connectivity index (χ1v) is 9.25. The Bertz CT molecular complexity index is 858. The Morgan fingerprint density at radius 3 is 2.70 bits per heavy atom. The largest absolute Gasteiger partial charge is 0.496 e. The first kappa shape index (κ1) is 19.5. The standard InChI is InChI=1S/C18H21Cl2N5O2/c1-18(7-4-8-18)25(20)16(26)12-6-5-11(9-14(12)27-3)23-17-22-10-13(19)15(21-2)24-17/h5-6,9-10H,4,7-8H2,1-3H3,(H2,21,22,23,24). The number of methoxy groups -OCH3 is 1. The molecule has 9 heteroatoms. The molecule has 144 valence electrons. The zero-order valence-electron chi connectivity index (χ0n) is 15.3. The van der Waals surface area contributed by atoms with Crippen molar-refractivity contribution < 1.29 is 9.53 Å². The maximum atomic E-state index is 12.8. The quantitative estimate of drug-likeness (QED) is 0.685. The van der Waals surface area contributed by atoms with E-state index in [2.05, 4.69) is 20.6 Å². The maximum Gasteiger partial charge on any atom is 0.272 e. The van der Waals surface area contributed by atoms with Crippen LogP contribution in [0.1, 0.15) is 36.5 Å². The van der Waals surface area contributed by atoms with Crippen LogP contribution < -0.4 is 15.4 Å². The average Bonchev–Trinajstić information content (AvgIpc) is 2.66. The molecule has 0 bridgehead atoms. The van der Waals surface area contributed by atoms with Crippen molar-refractivity contribution in [3.05, 3.63) is 35.0 Å². The zero-order valence-corrected chi connectivity index (χ0v) is 16.9. The number of rotatable bonds is 6. The lowest BCUT2D eigenvalue weighted by Gasteiger charge is -2.43. The van der Waals surface area contributed by atoms with Gasteiger partial charge in [0.2, 0.25) is 5.95 Å². The highest BCUT2D eigenvalue weighted by atomic mass is 35.5. The number of hydrogen-bond acceptors (Lipinski definition) is 6. The Hall–Kier alpha value is -2.25. The van der Waals surface area contributed by atoms with Gasteiger partial charge in [0.25, 0.3) is 5.91 Å². The topological polar surface area (TPSA) is 79.4 Å². The van der Waals surface area contributed by atoms with Crippen LogP contribution in [0.2, 0.25) is 5.02 Å². The molecule has 27 heavy (non-hydrogen) atoms. The van der Waals surface area contributed by atoms with Crippen molar-refractivity contribution in [2.75, 3.05) is 24.8 Å². The van der Waals surface area contributed by atoms with Crippen LogP contribution in [-0.2, 0) is 0 Å². The monoisotopic (exact) mass is 409 g/mol. The van der Waals surface area contributed by atoms with Gasteiger partial charge in [0.05, 0.1) is 24.4 Å². The van der Waals surface area contributed by atoms with E-state index in [0.29, 0.717) is 33.8 Å². The van der Waals surface area contributed by atoms with Crippen molar-refractivity contribution in [3.8, 4) is 5.75 Å². The molecular formula is C18H21Cl2N5O2. The minimum Gasteiger partial charge on any atom is -0.496 e. The van der Waals surface area contributed by atoms with E-state index in [1.165, 1.54) is 17.7 Å². The molecule has 3 rings (SSSR count). The van der Waals surface area contributed by atoms with Gasteiger partial charge in [-0.1, -0.05) is 11.6 Å². The lowest BCUT2D eigenvalue weighted by atomic mass is 9.78. The van der Waals surface area contributed by atoms with Crippen LogP contribution in [0, 0.1) is 0 Å². The fourth-order valence-corrected chi connectivity index (χ4v) is 3.36. The van der Waals surface area contributed by atoms with Crippen molar-refractivity contribution >= 4 is 46.7 Å². The molecule has 0 spiro atoms. The SMILES string of the molecule is CNc1nc(Nc2ccc(C(=O)N(Cl)C3(C)CCC3)c(OC)c2)ncc1Cl. The average molecular weight is 410 g/mol. The first-order valence-electron chi connectivity index (χ1n) is 8.53. The van der Waals surface area contributed by atoms with Crippen LogP contribution in [-0.4, -0.2) is 40.0 Å². The van der Waals surface area contributed by atoms with Crippen LogP contribution in [0.25, 0.3) is 0 Å². The number of amides is 1. The Morgan fingerprint density at radius 1 is 1.37 bits per heavy atom. The maximum absolute atomic E-state index is 12.8. The summed E-state index contributed by atoms with van der Waals surface area (Å²) in [6.45, 7) is 1.99. The summed E-state index contributed by atoms with van der Waals surface area (Å²) in [5.41, 5.74) is 0.768. The van der Waals surface area contributed by atoms with Crippen molar-refractivity contribution in [2.45, 2.75) is 31.7 Å². The number of anilines is 3. The Labute approximate surface area is 168 Å². The van der Waals surface area contributed by atoms with Crippen LogP contribution in [0.15, 0.2) is 24.4 Å². The molecule has 1 aromatic carbocycles. The van der Waals surface area contributed by atoms with E-state index in [1.54, 1.807) is 25.2 Å². The predicted molar refractivity (Wildman–Crippen MR) is 107 cm³/mol. The third kappa shape index (κ3) is 3.89. The Morgan fingerprint density at radius 2 is 2.11 bits per heavy atom. The van der Waals surface area contributed by atoms with Gasteiger partial charge in [-0.3, -0.25) is 4.79 Å². The number of nitrogens with one attached hydrogen (secondary N) is 2. The van der Waals surface area contributed by atoms with Crippen molar-refractivity contribution in [1.29, 1.82) is 0 Å². The molecule has 7 nitrogen and oxygen atoms in total. The Balaban J connectivity index is 1.83. The summed E-state index contributed by atoms with van der Waals surface area (Å²) in [6.07, 6.45) is 4.36. The molecule has 1 aliphatic carbocycles. The highest BCUT2D eigenvalue weighted by Gasteiger charge is 2.41. The van der Waals surface area contributed by atoms with E-state index in [0.717, 1.165) is 19.3 Å². The van der Waals surface area contributed by atoms with Gasteiger partial charge >= 0.3 is 0 Å². The number of ether oxygens (including phenoxy) is 1. The minimum atomic E-state index is -0.304. The fourth-order valence-electron chi connectivity index (χ4n) is 2.91. The molecule has 0 aliphatic heterocycles. The van der Waals surface area contributed by atoms with Gasteiger partial charge in [-0.05, 0) is 38.3 Å². The molecule has 2 aromatic rings. The van der Waals surface area contributed by atoms with E-state index >= 15 is 0 Å². The molecule has 1 aromatic heterocycles. The summed E-state index contributed by atoms with van der Waals surface area (Å²) >= 11 is 12.3. The summed E-state index contributed by atoms with van der Waals surface area (Å²) in [5.74, 6) is 1.02. The number of aromatic nitrogens is 2. The van der Waals surface area contributed by atoms with Crippen LogP contribution in [0.4, 0.5) is 17.5 Å². The van der Waals surface area contributed by atoms with E-state index in [-0.39, 0.29) is 11.4 Å². The number of nitrogens with zero attached hydrogens (tertiary/aromatic N) is 3. The van der Waals surface area contributed by atoms with Gasteiger partial charge in [0, 0.05) is 30.6 Å². The first-order chi connectivity index (χ1) is 12.9. The second-order valence-corrected chi connectivity index (χ2v) is 7.36. The molecule has 1 fully saturated rings.